The number of aromatic nitrogens is 1. The van der Waals surface area contributed by atoms with Crippen molar-refractivity contribution in [2.24, 2.45) is 0 Å². The van der Waals surface area contributed by atoms with E-state index in [4.69, 9.17) is 5.11 Å². The average molecular weight is 256 g/mol. The highest BCUT2D eigenvalue weighted by atomic mass is 16.4. The van der Waals surface area contributed by atoms with Crippen LogP contribution in [0, 0.1) is 0 Å². The number of pyridine rings is 1. The first-order valence-corrected chi connectivity index (χ1v) is 6.49. The first kappa shape index (κ1) is 12.0. The molecule has 1 aliphatic carbocycles. The number of carbonyl (C=O) groups is 1. The predicted octanol–water partition coefficient (Wildman–Crippen LogP) is 3.29. The highest BCUT2D eigenvalue weighted by molar-refractivity contribution is 5.97. The molecule has 98 valence electrons. The Morgan fingerprint density at radius 3 is 2.74 bits per heavy atom. The van der Waals surface area contributed by atoms with Crippen molar-refractivity contribution in [3.8, 4) is 0 Å². The van der Waals surface area contributed by atoms with E-state index >= 15 is 0 Å². The van der Waals surface area contributed by atoms with Gasteiger partial charge < -0.3 is 10.4 Å². The normalized spacial score (nSPS) is 16.9. The molecule has 2 N–H and O–H groups in total. The van der Waals surface area contributed by atoms with Gasteiger partial charge >= 0.3 is 5.97 Å². The van der Waals surface area contributed by atoms with E-state index in [0.717, 1.165) is 23.9 Å². The summed E-state index contributed by atoms with van der Waals surface area (Å²) in [4.78, 5) is 15.3. The Labute approximate surface area is 111 Å². The van der Waals surface area contributed by atoms with Gasteiger partial charge in [0.2, 0.25) is 0 Å². The molecule has 0 aliphatic heterocycles. The minimum atomic E-state index is -0.993. The third kappa shape index (κ3) is 2.14. The lowest BCUT2D eigenvalue weighted by Gasteiger charge is -2.40. The number of aromatic carboxylic acids is 1. The molecule has 1 fully saturated rings. The third-order valence-corrected chi connectivity index (χ3v) is 3.83. The van der Waals surface area contributed by atoms with E-state index in [0.29, 0.717) is 5.52 Å². The van der Waals surface area contributed by atoms with Crippen LogP contribution in [-0.2, 0) is 0 Å². The van der Waals surface area contributed by atoms with Gasteiger partial charge in [-0.25, -0.2) is 9.78 Å². The van der Waals surface area contributed by atoms with Crippen molar-refractivity contribution in [3.63, 3.8) is 0 Å². The summed E-state index contributed by atoms with van der Waals surface area (Å²) >= 11 is 0. The summed E-state index contributed by atoms with van der Waals surface area (Å²) in [5.74, 6) is -0.993. The summed E-state index contributed by atoms with van der Waals surface area (Å²) in [5.41, 5.74) is 1.75. The zero-order valence-electron chi connectivity index (χ0n) is 10.8. The lowest BCUT2D eigenvalue weighted by atomic mass is 9.78. The number of para-hydroxylation sites is 1. The van der Waals surface area contributed by atoms with Crippen LogP contribution in [0.3, 0.4) is 0 Å². The van der Waals surface area contributed by atoms with Gasteiger partial charge in [0.15, 0.2) is 5.69 Å². The molecule has 0 amide bonds. The quantitative estimate of drug-likeness (QED) is 0.884. The van der Waals surface area contributed by atoms with Crippen LogP contribution < -0.4 is 5.32 Å². The standard InChI is InChI=1S/C15H16N2O2/c1-15(7-4-8-15)17-12-9-13(14(18)19)16-11-6-3-2-5-10(11)12/h2-3,5-6,9H,4,7-8H2,1H3,(H,16,17)(H,18,19). The van der Waals surface area contributed by atoms with Crippen molar-refractivity contribution in [1.29, 1.82) is 0 Å². The largest absolute Gasteiger partial charge is 0.477 e. The van der Waals surface area contributed by atoms with Gasteiger partial charge in [-0.05, 0) is 38.3 Å². The number of fused-ring (bicyclic) bond motifs is 1. The topological polar surface area (TPSA) is 62.2 Å². The fraction of sp³-hybridized carbons (Fsp3) is 0.333. The SMILES string of the molecule is CC1(Nc2cc(C(=O)O)nc3ccccc23)CCC1. The maximum atomic E-state index is 11.2. The van der Waals surface area contributed by atoms with Crippen molar-refractivity contribution < 1.29 is 9.90 Å². The molecule has 0 unspecified atom stereocenters. The molecule has 0 bridgehead atoms. The maximum Gasteiger partial charge on any atom is 0.354 e. The molecule has 0 radical (unpaired) electrons. The highest BCUT2D eigenvalue weighted by Gasteiger charge is 2.32. The zero-order valence-corrected chi connectivity index (χ0v) is 10.8. The second kappa shape index (κ2) is 4.23. The van der Waals surface area contributed by atoms with Crippen molar-refractivity contribution in [3.05, 3.63) is 36.0 Å². The number of nitrogens with zero attached hydrogens (tertiary/aromatic N) is 1. The molecule has 4 heteroatoms. The molecular formula is C15H16N2O2. The molecule has 1 heterocycles. The van der Waals surface area contributed by atoms with Crippen molar-refractivity contribution in [2.45, 2.75) is 31.7 Å². The molecule has 3 rings (SSSR count). The lowest BCUT2D eigenvalue weighted by molar-refractivity contribution is 0.0691. The Hall–Kier alpha value is -2.10. The van der Waals surface area contributed by atoms with Crippen LogP contribution in [0.25, 0.3) is 10.9 Å². The van der Waals surface area contributed by atoms with Crippen molar-refractivity contribution in [1.82, 2.24) is 4.98 Å². The Kier molecular flexibility index (Phi) is 2.66. The molecule has 19 heavy (non-hydrogen) atoms. The molecule has 4 nitrogen and oxygen atoms in total. The number of hydrogen-bond donors (Lipinski definition) is 2. The van der Waals surface area contributed by atoms with Gasteiger partial charge in [0.25, 0.3) is 0 Å². The Morgan fingerprint density at radius 2 is 2.11 bits per heavy atom. The first-order valence-electron chi connectivity index (χ1n) is 6.49. The predicted molar refractivity (Wildman–Crippen MR) is 74.6 cm³/mol. The van der Waals surface area contributed by atoms with Crippen LogP contribution in [0.4, 0.5) is 5.69 Å². The van der Waals surface area contributed by atoms with E-state index < -0.39 is 5.97 Å². The molecule has 0 spiro atoms. The van der Waals surface area contributed by atoms with E-state index in [1.54, 1.807) is 6.07 Å². The summed E-state index contributed by atoms with van der Waals surface area (Å²) in [6.07, 6.45) is 3.45. The minimum Gasteiger partial charge on any atom is -0.477 e. The molecule has 1 aromatic carbocycles. The number of hydrogen-bond acceptors (Lipinski definition) is 3. The van der Waals surface area contributed by atoms with Crippen molar-refractivity contribution >= 4 is 22.6 Å². The van der Waals surface area contributed by atoms with E-state index in [-0.39, 0.29) is 11.2 Å². The fourth-order valence-corrected chi connectivity index (χ4v) is 2.55. The van der Waals surface area contributed by atoms with E-state index in [9.17, 15) is 4.79 Å². The minimum absolute atomic E-state index is 0.0832. The second-order valence-electron chi connectivity index (χ2n) is 5.42. The molecule has 1 aliphatic rings. The van der Waals surface area contributed by atoms with Gasteiger partial charge in [-0.15, -0.1) is 0 Å². The summed E-state index contributed by atoms with van der Waals surface area (Å²) in [5, 5.41) is 13.6. The Balaban J connectivity index is 2.12. The first-order chi connectivity index (χ1) is 9.07. The summed E-state index contributed by atoms with van der Waals surface area (Å²) < 4.78 is 0. The van der Waals surface area contributed by atoms with Crippen LogP contribution in [-0.4, -0.2) is 21.6 Å². The molecular weight excluding hydrogens is 240 g/mol. The van der Waals surface area contributed by atoms with Gasteiger partial charge in [0.1, 0.15) is 0 Å². The van der Waals surface area contributed by atoms with Gasteiger partial charge in [-0.2, -0.15) is 0 Å². The molecule has 2 aromatic rings. The highest BCUT2D eigenvalue weighted by Crippen LogP contribution is 2.36. The monoisotopic (exact) mass is 256 g/mol. The van der Waals surface area contributed by atoms with E-state index in [2.05, 4.69) is 17.2 Å². The molecule has 1 aromatic heterocycles. The Morgan fingerprint density at radius 1 is 1.37 bits per heavy atom. The molecule has 0 atom stereocenters. The van der Waals surface area contributed by atoms with Gasteiger partial charge in [-0.3, -0.25) is 0 Å². The lowest BCUT2D eigenvalue weighted by Crippen LogP contribution is -2.41. The average Bonchev–Trinajstić information content (AvgIpc) is 2.36. The number of anilines is 1. The molecule has 0 saturated heterocycles. The summed E-state index contributed by atoms with van der Waals surface area (Å²) in [6.45, 7) is 2.17. The smallest absolute Gasteiger partial charge is 0.354 e. The van der Waals surface area contributed by atoms with Crippen LogP contribution in [0.5, 0.6) is 0 Å². The van der Waals surface area contributed by atoms with Crippen molar-refractivity contribution in [2.75, 3.05) is 5.32 Å². The number of carboxylic acids is 1. The Bertz CT molecular complexity index is 648. The van der Waals surface area contributed by atoms with Gasteiger partial charge in [0.05, 0.1) is 5.52 Å². The van der Waals surface area contributed by atoms with Gasteiger partial charge in [0, 0.05) is 16.6 Å². The second-order valence-corrected chi connectivity index (χ2v) is 5.42. The number of nitrogens with one attached hydrogen (secondary N) is 1. The maximum absolute atomic E-state index is 11.2. The van der Waals surface area contributed by atoms with Crippen LogP contribution >= 0.6 is 0 Å². The van der Waals surface area contributed by atoms with Crippen LogP contribution in [0.15, 0.2) is 30.3 Å². The van der Waals surface area contributed by atoms with Crippen LogP contribution in [0.2, 0.25) is 0 Å². The van der Waals surface area contributed by atoms with Crippen LogP contribution in [0.1, 0.15) is 36.7 Å². The number of rotatable bonds is 3. The van der Waals surface area contributed by atoms with Gasteiger partial charge in [-0.1, -0.05) is 18.2 Å². The zero-order chi connectivity index (χ0) is 13.5. The number of carboxylic acid groups (broad SMARTS) is 1. The molecule has 1 saturated carbocycles. The van der Waals surface area contributed by atoms with E-state index in [1.165, 1.54) is 6.42 Å². The van der Waals surface area contributed by atoms with E-state index in [1.807, 2.05) is 24.3 Å². The third-order valence-electron chi connectivity index (χ3n) is 3.83. The number of benzene rings is 1. The summed E-state index contributed by atoms with van der Waals surface area (Å²) in [7, 11) is 0. The fourth-order valence-electron chi connectivity index (χ4n) is 2.55. The summed E-state index contributed by atoms with van der Waals surface area (Å²) in [6, 6.07) is 9.26.